The Hall–Kier alpha value is -0.470. The SMILES string of the molecule is N#CC1(Cl)CCOC(C(F)(F)F)C1. The van der Waals surface area contributed by atoms with Crippen molar-refractivity contribution in [2.45, 2.75) is 30.0 Å². The molecule has 0 N–H and O–H groups in total. The van der Waals surface area contributed by atoms with Gasteiger partial charge in [-0.2, -0.15) is 18.4 Å². The second-order valence-electron chi connectivity index (χ2n) is 2.93. The number of nitriles is 1. The molecule has 2 nitrogen and oxygen atoms in total. The van der Waals surface area contributed by atoms with Gasteiger partial charge in [-0.25, -0.2) is 0 Å². The average molecular weight is 214 g/mol. The minimum atomic E-state index is -4.43. The van der Waals surface area contributed by atoms with Gasteiger partial charge in [-0.3, -0.25) is 0 Å². The summed E-state index contributed by atoms with van der Waals surface area (Å²) in [5.41, 5.74) is 0. The molecular weight excluding hydrogens is 207 g/mol. The normalized spacial score (nSPS) is 35.5. The molecular formula is C7H7ClF3NO. The van der Waals surface area contributed by atoms with Crippen LogP contribution in [0.15, 0.2) is 0 Å². The lowest BCUT2D eigenvalue weighted by Crippen LogP contribution is -2.43. The van der Waals surface area contributed by atoms with Crippen molar-refractivity contribution >= 4 is 11.6 Å². The maximum absolute atomic E-state index is 12.1. The lowest BCUT2D eigenvalue weighted by atomic mass is 9.96. The Labute approximate surface area is 78.2 Å². The van der Waals surface area contributed by atoms with Crippen LogP contribution in [0.4, 0.5) is 13.2 Å². The van der Waals surface area contributed by atoms with Crippen molar-refractivity contribution in [3.8, 4) is 6.07 Å². The van der Waals surface area contributed by atoms with Crippen LogP contribution in [0.3, 0.4) is 0 Å². The largest absolute Gasteiger partial charge is 0.414 e. The maximum Gasteiger partial charge on any atom is 0.414 e. The first-order chi connectivity index (χ1) is 5.87. The lowest BCUT2D eigenvalue weighted by Gasteiger charge is -2.32. The Morgan fingerprint density at radius 2 is 2.15 bits per heavy atom. The molecule has 0 aromatic heterocycles. The van der Waals surface area contributed by atoms with E-state index in [1.165, 1.54) is 0 Å². The molecule has 6 heteroatoms. The van der Waals surface area contributed by atoms with E-state index in [4.69, 9.17) is 16.9 Å². The van der Waals surface area contributed by atoms with Gasteiger partial charge < -0.3 is 4.74 Å². The third-order valence-electron chi connectivity index (χ3n) is 1.89. The molecule has 0 amide bonds. The first-order valence-electron chi connectivity index (χ1n) is 3.66. The van der Waals surface area contributed by atoms with Crippen LogP contribution < -0.4 is 0 Å². The van der Waals surface area contributed by atoms with Crippen LogP contribution in [-0.4, -0.2) is 23.8 Å². The van der Waals surface area contributed by atoms with Gasteiger partial charge in [0.05, 0.1) is 12.7 Å². The summed E-state index contributed by atoms with van der Waals surface area (Å²) in [5, 5.41) is 8.53. The van der Waals surface area contributed by atoms with Crippen molar-refractivity contribution in [1.82, 2.24) is 0 Å². The van der Waals surface area contributed by atoms with E-state index in [0.29, 0.717) is 0 Å². The molecule has 0 aromatic carbocycles. The van der Waals surface area contributed by atoms with Gasteiger partial charge in [-0.1, -0.05) is 0 Å². The maximum atomic E-state index is 12.1. The molecule has 0 aliphatic carbocycles. The zero-order valence-electron chi connectivity index (χ0n) is 6.57. The summed E-state index contributed by atoms with van der Waals surface area (Å²) in [5.74, 6) is 0. The third kappa shape index (κ3) is 2.48. The van der Waals surface area contributed by atoms with E-state index in [0.717, 1.165) is 0 Å². The molecule has 0 saturated carbocycles. The van der Waals surface area contributed by atoms with E-state index in [-0.39, 0.29) is 13.0 Å². The van der Waals surface area contributed by atoms with E-state index >= 15 is 0 Å². The number of ether oxygens (including phenoxy) is 1. The summed E-state index contributed by atoms with van der Waals surface area (Å²) >= 11 is 5.62. The van der Waals surface area contributed by atoms with Crippen LogP contribution in [0.1, 0.15) is 12.8 Å². The topological polar surface area (TPSA) is 33.0 Å². The molecule has 1 fully saturated rings. The highest BCUT2D eigenvalue weighted by atomic mass is 35.5. The number of rotatable bonds is 0. The van der Waals surface area contributed by atoms with E-state index < -0.39 is 23.6 Å². The van der Waals surface area contributed by atoms with Crippen molar-refractivity contribution in [2.75, 3.05) is 6.61 Å². The van der Waals surface area contributed by atoms with Gasteiger partial charge >= 0.3 is 6.18 Å². The van der Waals surface area contributed by atoms with Gasteiger partial charge in [0, 0.05) is 12.8 Å². The molecule has 1 rings (SSSR count). The minimum absolute atomic E-state index is 0.124. The molecule has 0 radical (unpaired) electrons. The lowest BCUT2D eigenvalue weighted by molar-refractivity contribution is -0.231. The highest BCUT2D eigenvalue weighted by molar-refractivity contribution is 6.25. The zero-order chi connectivity index (χ0) is 10.1. The Bertz CT molecular complexity index is 237. The number of alkyl halides is 4. The van der Waals surface area contributed by atoms with Gasteiger partial charge in [0.15, 0.2) is 6.10 Å². The van der Waals surface area contributed by atoms with E-state index in [2.05, 4.69) is 4.74 Å². The monoisotopic (exact) mass is 213 g/mol. The highest BCUT2D eigenvalue weighted by Crippen LogP contribution is 2.37. The van der Waals surface area contributed by atoms with Crippen molar-refractivity contribution in [3.05, 3.63) is 0 Å². The molecule has 2 unspecified atom stereocenters. The number of hydrogen-bond donors (Lipinski definition) is 0. The van der Waals surface area contributed by atoms with Gasteiger partial charge in [-0.15, -0.1) is 11.6 Å². The molecule has 13 heavy (non-hydrogen) atoms. The van der Waals surface area contributed by atoms with Gasteiger partial charge in [0.2, 0.25) is 0 Å². The summed E-state index contributed by atoms with van der Waals surface area (Å²) in [6.45, 7) is -0.124. The van der Waals surface area contributed by atoms with E-state index in [1.54, 1.807) is 6.07 Å². The van der Waals surface area contributed by atoms with Crippen LogP contribution in [0.2, 0.25) is 0 Å². The van der Waals surface area contributed by atoms with Gasteiger partial charge in [0.25, 0.3) is 0 Å². The number of hydrogen-bond acceptors (Lipinski definition) is 2. The van der Waals surface area contributed by atoms with Gasteiger partial charge in [0.1, 0.15) is 4.87 Å². The summed E-state index contributed by atoms with van der Waals surface area (Å²) in [6.07, 6.45) is -6.69. The molecule has 0 aromatic rings. The predicted molar refractivity (Wildman–Crippen MR) is 39.2 cm³/mol. The Balaban J connectivity index is 2.69. The minimum Gasteiger partial charge on any atom is -0.369 e. The fourth-order valence-electron chi connectivity index (χ4n) is 1.13. The Morgan fingerprint density at radius 3 is 2.62 bits per heavy atom. The zero-order valence-corrected chi connectivity index (χ0v) is 7.32. The second kappa shape index (κ2) is 3.35. The van der Waals surface area contributed by atoms with E-state index in [1.807, 2.05) is 0 Å². The smallest absolute Gasteiger partial charge is 0.369 e. The fraction of sp³-hybridized carbons (Fsp3) is 0.857. The van der Waals surface area contributed by atoms with Crippen molar-refractivity contribution < 1.29 is 17.9 Å². The molecule has 1 heterocycles. The average Bonchev–Trinajstić information content (AvgIpc) is 2.03. The Kier molecular flexibility index (Phi) is 2.74. The molecule has 2 atom stereocenters. The molecule has 1 aliphatic heterocycles. The second-order valence-corrected chi connectivity index (χ2v) is 3.66. The van der Waals surface area contributed by atoms with E-state index in [9.17, 15) is 13.2 Å². The first-order valence-corrected chi connectivity index (χ1v) is 4.04. The quantitative estimate of drug-likeness (QED) is 0.578. The molecule has 0 bridgehead atoms. The van der Waals surface area contributed by atoms with Crippen molar-refractivity contribution in [1.29, 1.82) is 5.26 Å². The molecule has 1 saturated heterocycles. The predicted octanol–water partition coefficient (Wildman–Crippen LogP) is 2.23. The summed E-state index contributed by atoms with van der Waals surface area (Å²) in [6, 6.07) is 1.67. The molecule has 0 spiro atoms. The standard InChI is InChI=1S/C7H7ClF3NO/c8-6(4-12)1-2-13-5(3-6)7(9,10)11/h5H,1-3H2. The van der Waals surface area contributed by atoms with Crippen molar-refractivity contribution in [3.63, 3.8) is 0 Å². The van der Waals surface area contributed by atoms with Crippen LogP contribution >= 0.6 is 11.6 Å². The van der Waals surface area contributed by atoms with Crippen LogP contribution in [-0.2, 0) is 4.74 Å². The number of nitrogens with zero attached hydrogens (tertiary/aromatic N) is 1. The third-order valence-corrected chi connectivity index (χ3v) is 2.32. The summed E-state index contributed by atoms with van der Waals surface area (Å²) in [7, 11) is 0. The van der Waals surface area contributed by atoms with Crippen LogP contribution in [0.25, 0.3) is 0 Å². The van der Waals surface area contributed by atoms with Crippen LogP contribution in [0.5, 0.6) is 0 Å². The molecule has 1 aliphatic rings. The van der Waals surface area contributed by atoms with Gasteiger partial charge in [-0.05, 0) is 0 Å². The molecule has 74 valence electrons. The first kappa shape index (κ1) is 10.6. The fourth-order valence-corrected chi connectivity index (χ4v) is 1.35. The number of halogens is 4. The summed E-state index contributed by atoms with van der Waals surface area (Å²) < 4.78 is 40.9. The van der Waals surface area contributed by atoms with Crippen LogP contribution in [0, 0.1) is 11.3 Å². The highest BCUT2D eigenvalue weighted by Gasteiger charge is 2.48. The Morgan fingerprint density at radius 1 is 1.54 bits per heavy atom. The summed E-state index contributed by atoms with van der Waals surface area (Å²) in [4.78, 5) is -1.42. The van der Waals surface area contributed by atoms with Crippen molar-refractivity contribution in [2.24, 2.45) is 0 Å².